The third-order valence-corrected chi connectivity index (χ3v) is 5.65. The van der Waals surface area contributed by atoms with E-state index in [1.165, 1.54) is 12.1 Å². The van der Waals surface area contributed by atoms with Gasteiger partial charge in [0.15, 0.2) is 0 Å². The molecule has 0 radical (unpaired) electrons. The fourth-order valence-corrected chi connectivity index (χ4v) is 4.12. The summed E-state index contributed by atoms with van der Waals surface area (Å²) in [7, 11) is -3.85. The van der Waals surface area contributed by atoms with Gasteiger partial charge in [-0.05, 0) is 67.4 Å². The number of benzene rings is 2. The van der Waals surface area contributed by atoms with Crippen molar-refractivity contribution in [1.82, 2.24) is 4.98 Å². The number of nitrogens with zero attached hydrogens (tertiary/aromatic N) is 1. The van der Waals surface area contributed by atoms with Gasteiger partial charge in [-0.1, -0.05) is 0 Å². The SMILES string of the molecule is Cc1cc(NS(=O)(=O)c2ccc(F)cc2C)cc(OCCNc2ccncc2)c1. The number of sulfonamides is 1. The predicted molar refractivity (Wildman–Crippen MR) is 111 cm³/mol. The van der Waals surface area contributed by atoms with E-state index in [0.29, 0.717) is 30.2 Å². The number of anilines is 2. The normalized spacial score (nSPS) is 11.1. The van der Waals surface area contributed by atoms with E-state index in [1.807, 2.05) is 25.1 Å². The van der Waals surface area contributed by atoms with Crippen LogP contribution in [0.2, 0.25) is 0 Å². The summed E-state index contributed by atoms with van der Waals surface area (Å²) in [5.74, 6) is 0.0723. The molecule has 0 bridgehead atoms. The van der Waals surface area contributed by atoms with E-state index < -0.39 is 15.8 Å². The summed E-state index contributed by atoms with van der Waals surface area (Å²) in [5, 5.41) is 3.21. The van der Waals surface area contributed by atoms with E-state index in [0.717, 1.165) is 17.3 Å². The lowest BCUT2D eigenvalue weighted by Gasteiger charge is -2.13. The zero-order valence-electron chi connectivity index (χ0n) is 16.1. The Bertz CT molecular complexity index is 1090. The third-order valence-electron chi connectivity index (χ3n) is 4.11. The Hall–Kier alpha value is -3.13. The van der Waals surface area contributed by atoms with Crippen molar-refractivity contribution in [2.75, 3.05) is 23.2 Å². The van der Waals surface area contributed by atoms with Crippen molar-refractivity contribution >= 4 is 21.4 Å². The quantitative estimate of drug-likeness (QED) is 0.541. The highest BCUT2D eigenvalue weighted by atomic mass is 32.2. The maximum absolute atomic E-state index is 13.3. The molecule has 0 fully saturated rings. The summed E-state index contributed by atoms with van der Waals surface area (Å²) in [6.07, 6.45) is 3.40. The van der Waals surface area contributed by atoms with Crippen LogP contribution in [0.5, 0.6) is 5.75 Å². The first-order valence-electron chi connectivity index (χ1n) is 9.01. The monoisotopic (exact) mass is 415 g/mol. The van der Waals surface area contributed by atoms with Crippen LogP contribution in [0.15, 0.2) is 65.8 Å². The number of hydrogen-bond acceptors (Lipinski definition) is 5. The van der Waals surface area contributed by atoms with Crippen LogP contribution >= 0.6 is 0 Å². The Morgan fingerprint density at radius 2 is 1.76 bits per heavy atom. The maximum atomic E-state index is 13.3. The van der Waals surface area contributed by atoms with Crippen LogP contribution in [0.3, 0.4) is 0 Å². The number of ether oxygens (including phenoxy) is 1. The molecule has 2 N–H and O–H groups in total. The Kier molecular flexibility index (Phi) is 6.33. The number of aromatic nitrogens is 1. The van der Waals surface area contributed by atoms with E-state index in [-0.39, 0.29) is 4.90 Å². The Morgan fingerprint density at radius 3 is 2.48 bits per heavy atom. The van der Waals surface area contributed by atoms with Gasteiger partial charge >= 0.3 is 0 Å². The van der Waals surface area contributed by atoms with E-state index in [1.54, 1.807) is 31.5 Å². The molecule has 0 saturated carbocycles. The zero-order chi connectivity index (χ0) is 20.9. The summed E-state index contributed by atoms with van der Waals surface area (Å²) < 4.78 is 46.9. The number of rotatable bonds is 8. The average Bonchev–Trinajstić information content (AvgIpc) is 2.65. The standard InChI is InChI=1S/C21H22FN3O3S/c1-15-11-19(25-29(26,27)21-4-3-17(22)13-16(21)2)14-20(12-15)28-10-9-24-18-5-7-23-8-6-18/h3-8,11-14,25H,9-10H2,1-2H3,(H,23,24). The molecule has 152 valence electrons. The lowest BCUT2D eigenvalue weighted by molar-refractivity contribution is 0.333. The summed E-state index contributed by atoms with van der Waals surface area (Å²) in [6.45, 7) is 4.38. The number of aryl methyl sites for hydroxylation is 2. The highest BCUT2D eigenvalue weighted by Crippen LogP contribution is 2.25. The van der Waals surface area contributed by atoms with Gasteiger partial charge in [0.25, 0.3) is 10.0 Å². The molecular weight excluding hydrogens is 393 g/mol. The van der Waals surface area contributed by atoms with Crippen LogP contribution in [0.1, 0.15) is 11.1 Å². The van der Waals surface area contributed by atoms with Crippen LogP contribution in [0.4, 0.5) is 15.8 Å². The van der Waals surface area contributed by atoms with Crippen LogP contribution < -0.4 is 14.8 Å². The minimum absolute atomic E-state index is 0.0319. The smallest absolute Gasteiger partial charge is 0.262 e. The Labute approximate surface area is 169 Å². The maximum Gasteiger partial charge on any atom is 0.262 e. The molecule has 6 nitrogen and oxygen atoms in total. The molecule has 0 aliphatic heterocycles. The van der Waals surface area contributed by atoms with Gasteiger partial charge in [-0.25, -0.2) is 12.8 Å². The molecule has 0 aliphatic carbocycles. The minimum atomic E-state index is -3.85. The van der Waals surface area contributed by atoms with Crippen molar-refractivity contribution in [2.24, 2.45) is 0 Å². The minimum Gasteiger partial charge on any atom is -0.492 e. The number of nitrogens with one attached hydrogen (secondary N) is 2. The van der Waals surface area contributed by atoms with E-state index in [4.69, 9.17) is 4.74 Å². The summed E-state index contributed by atoms with van der Waals surface area (Å²) in [5.41, 5.74) is 2.50. The molecule has 8 heteroatoms. The van der Waals surface area contributed by atoms with Gasteiger partial charge in [0.1, 0.15) is 18.2 Å². The lowest BCUT2D eigenvalue weighted by atomic mass is 10.2. The molecule has 0 amide bonds. The second kappa shape index (κ2) is 8.91. The molecule has 1 heterocycles. The Balaban J connectivity index is 1.66. The molecule has 1 aromatic heterocycles. The number of hydrogen-bond donors (Lipinski definition) is 2. The van der Waals surface area contributed by atoms with Gasteiger partial charge < -0.3 is 10.1 Å². The summed E-state index contributed by atoms with van der Waals surface area (Å²) in [4.78, 5) is 3.99. The second-order valence-electron chi connectivity index (χ2n) is 6.56. The topological polar surface area (TPSA) is 80.3 Å². The van der Waals surface area contributed by atoms with Crippen LogP contribution in [-0.2, 0) is 10.0 Å². The van der Waals surface area contributed by atoms with Gasteiger partial charge in [-0.15, -0.1) is 0 Å². The zero-order valence-corrected chi connectivity index (χ0v) is 17.0. The van der Waals surface area contributed by atoms with Crippen LogP contribution in [0.25, 0.3) is 0 Å². The predicted octanol–water partition coefficient (Wildman–Crippen LogP) is 4.13. The first-order chi connectivity index (χ1) is 13.8. The van der Waals surface area contributed by atoms with Crippen molar-refractivity contribution in [3.05, 3.63) is 77.9 Å². The number of halogens is 1. The first-order valence-corrected chi connectivity index (χ1v) is 10.5. The van der Waals surface area contributed by atoms with Crippen molar-refractivity contribution in [1.29, 1.82) is 0 Å². The van der Waals surface area contributed by atoms with Crippen LogP contribution in [-0.4, -0.2) is 26.6 Å². The summed E-state index contributed by atoms with van der Waals surface area (Å²) >= 11 is 0. The van der Waals surface area contributed by atoms with Gasteiger partial charge in [0, 0.05) is 30.7 Å². The fourth-order valence-electron chi connectivity index (χ4n) is 2.85. The van der Waals surface area contributed by atoms with Crippen molar-refractivity contribution in [3.63, 3.8) is 0 Å². The van der Waals surface area contributed by atoms with Crippen molar-refractivity contribution in [2.45, 2.75) is 18.7 Å². The van der Waals surface area contributed by atoms with E-state index >= 15 is 0 Å². The average molecular weight is 415 g/mol. The van der Waals surface area contributed by atoms with Crippen LogP contribution in [0, 0.1) is 19.7 Å². The van der Waals surface area contributed by atoms with Gasteiger partial charge in [0.2, 0.25) is 0 Å². The van der Waals surface area contributed by atoms with Crippen molar-refractivity contribution < 1.29 is 17.5 Å². The molecule has 29 heavy (non-hydrogen) atoms. The summed E-state index contributed by atoms with van der Waals surface area (Å²) in [6, 6.07) is 12.4. The van der Waals surface area contributed by atoms with Gasteiger partial charge in [0.05, 0.1) is 10.6 Å². The van der Waals surface area contributed by atoms with E-state index in [9.17, 15) is 12.8 Å². The highest BCUT2D eigenvalue weighted by molar-refractivity contribution is 7.92. The second-order valence-corrected chi connectivity index (χ2v) is 8.21. The molecule has 0 unspecified atom stereocenters. The lowest BCUT2D eigenvalue weighted by Crippen LogP contribution is -2.15. The number of pyridine rings is 1. The molecule has 3 aromatic rings. The molecule has 0 atom stereocenters. The van der Waals surface area contributed by atoms with Crippen molar-refractivity contribution in [3.8, 4) is 5.75 Å². The molecule has 0 spiro atoms. The molecule has 0 saturated heterocycles. The third kappa shape index (κ3) is 5.68. The van der Waals surface area contributed by atoms with E-state index in [2.05, 4.69) is 15.0 Å². The molecule has 0 aliphatic rings. The Morgan fingerprint density at radius 1 is 1.00 bits per heavy atom. The highest BCUT2D eigenvalue weighted by Gasteiger charge is 2.18. The molecular formula is C21H22FN3O3S. The van der Waals surface area contributed by atoms with Gasteiger partial charge in [-0.3, -0.25) is 9.71 Å². The molecule has 2 aromatic carbocycles. The fraction of sp³-hybridized carbons (Fsp3) is 0.190. The van der Waals surface area contributed by atoms with Gasteiger partial charge in [-0.2, -0.15) is 0 Å². The molecule has 3 rings (SSSR count). The largest absolute Gasteiger partial charge is 0.492 e. The first kappa shape index (κ1) is 20.6.